The molecule has 1 aromatic carbocycles. The fourth-order valence-corrected chi connectivity index (χ4v) is 3.08. The number of amides is 3. The van der Waals surface area contributed by atoms with Crippen molar-refractivity contribution in [2.75, 3.05) is 32.8 Å². The van der Waals surface area contributed by atoms with Gasteiger partial charge in [0.15, 0.2) is 0 Å². The second-order valence-corrected chi connectivity index (χ2v) is 6.46. The number of urea groups is 1. The van der Waals surface area contributed by atoms with E-state index in [2.05, 4.69) is 0 Å². The molecule has 0 saturated carbocycles. The minimum atomic E-state index is -0.438. The quantitative estimate of drug-likeness (QED) is 0.821. The van der Waals surface area contributed by atoms with Crippen LogP contribution in [0.25, 0.3) is 6.08 Å². The minimum Gasteiger partial charge on any atom is -0.488 e. The molecule has 1 saturated heterocycles. The van der Waals surface area contributed by atoms with Crippen LogP contribution in [-0.2, 0) is 4.79 Å². The molecular formula is C18H20ClN3O3. The van der Waals surface area contributed by atoms with Crippen molar-refractivity contribution in [3.63, 3.8) is 0 Å². The largest absolute Gasteiger partial charge is 0.488 e. The second kappa shape index (κ2) is 7.61. The first-order chi connectivity index (χ1) is 12.0. The standard InChI is InChI=1S/C18H20ClN3O3/c19-15-3-4-16-14(11-15)10-13(12-25-16)2-5-17(23)21-6-1-7-22(9-8-21)18(20)24/h2-5,10-11H,1,6-9,12H2,(H2,20,24)/b5-2+. The highest BCUT2D eigenvalue weighted by atomic mass is 35.5. The zero-order valence-electron chi connectivity index (χ0n) is 13.8. The summed E-state index contributed by atoms with van der Waals surface area (Å²) in [4.78, 5) is 26.9. The molecular weight excluding hydrogens is 342 g/mol. The lowest BCUT2D eigenvalue weighted by atomic mass is 10.1. The van der Waals surface area contributed by atoms with Gasteiger partial charge in [-0.15, -0.1) is 0 Å². The first-order valence-electron chi connectivity index (χ1n) is 8.17. The van der Waals surface area contributed by atoms with Crippen LogP contribution in [0.1, 0.15) is 12.0 Å². The third-order valence-corrected chi connectivity index (χ3v) is 4.50. The number of ether oxygens (including phenoxy) is 1. The van der Waals surface area contributed by atoms with E-state index < -0.39 is 6.03 Å². The van der Waals surface area contributed by atoms with Crippen LogP contribution >= 0.6 is 11.6 Å². The summed E-state index contributed by atoms with van der Waals surface area (Å²) in [5.41, 5.74) is 7.10. The monoisotopic (exact) mass is 361 g/mol. The Bertz CT molecular complexity index is 745. The van der Waals surface area contributed by atoms with Crippen molar-refractivity contribution in [1.29, 1.82) is 0 Å². The number of carbonyl (C=O) groups is 2. The molecule has 2 aliphatic rings. The summed E-state index contributed by atoms with van der Waals surface area (Å²) in [5.74, 6) is 0.705. The lowest BCUT2D eigenvalue weighted by Crippen LogP contribution is -2.39. The maximum absolute atomic E-state index is 12.4. The van der Waals surface area contributed by atoms with Crippen LogP contribution in [0.5, 0.6) is 5.75 Å². The van der Waals surface area contributed by atoms with E-state index >= 15 is 0 Å². The Morgan fingerprint density at radius 3 is 2.72 bits per heavy atom. The van der Waals surface area contributed by atoms with E-state index in [9.17, 15) is 9.59 Å². The predicted molar refractivity (Wildman–Crippen MR) is 96.4 cm³/mol. The SMILES string of the molecule is NC(=O)N1CCCN(C(=O)/C=C/C2=Cc3cc(Cl)ccc3OC2)CC1. The van der Waals surface area contributed by atoms with Crippen LogP contribution in [0.4, 0.5) is 4.79 Å². The highest BCUT2D eigenvalue weighted by Gasteiger charge is 2.19. The summed E-state index contributed by atoms with van der Waals surface area (Å²) in [6.07, 6.45) is 6.00. The first kappa shape index (κ1) is 17.4. The normalized spacial score (nSPS) is 17.6. The van der Waals surface area contributed by atoms with E-state index in [0.717, 1.165) is 23.3 Å². The van der Waals surface area contributed by atoms with Gasteiger partial charge in [-0.05, 0) is 36.3 Å². The number of primary amides is 1. The zero-order chi connectivity index (χ0) is 17.8. The van der Waals surface area contributed by atoms with Crippen LogP contribution in [0.2, 0.25) is 5.02 Å². The Labute approximate surface area is 151 Å². The van der Waals surface area contributed by atoms with E-state index in [0.29, 0.717) is 37.8 Å². The number of fused-ring (bicyclic) bond motifs is 1. The molecule has 1 fully saturated rings. The lowest BCUT2D eigenvalue weighted by Gasteiger charge is -2.20. The molecule has 0 spiro atoms. The van der Waals surface area contributed by atoms with Crippen LogP contribution in [0, 0.1) is 0 Å². The molecule has 0 bridgehead atoms. The Hall–Kier alpha value is -2.47. The summed E-state index contributed by atoms with van der Waals surface area (Å²) < 4.78 is 5.67. The molecule has 6 nitrogen and oxygen atoms in total. The Morgan fingerprint density at radius 2 is 1.92 bits per heavy atom. The second-order valence-electron chi connectivity index (χ2n) is 6.03. The maximum atomic E-state index is 12.4. The zero-order valence-corrected chi connectivity index (χ0v) is 14.5. The van der Waals surface area contributed by atoms with Gasteiger partial charge in [-0.25, -0.2) is 4.79 Å². The number of benzene rings is 1. The van der Waals surface area contributed by atoms with E-state index in [1.807, 2.05) is 18.2 Å². The van der Waals surface area contributed by atoms with Crippen molar-refractivity contribution in [3.05, 3.63) is 46.5 Å². The van der Waals surface area contributed by atoms with Crippen LogP contribution in [0.15, 0.2) is 35.9 Å². The van der Waals surface area contributed by atoms with Gasteiger partial charge in [0, 0.05) is 42.8 Å². The van der Waals surface area contributed by atoms with E-state index in [1.165, 1.54) is 0 Å². The van der Waals surface area contributed by atoms with Crippen molar-refractivity contribution in [1.82, 2.24) is 9.80 Å². The van der Waals surface area contributed by atoms with Gasteiger partial charge in [0.1, 0.15) is 12.4 Å². The minimum absolute atomic E-state index is 0.0795. The molecule has 0 aliphatic carbocycles. The fourth-order valence-electron chi connectivity index (χ4n) is 2.90. The third kappa shape index (κ3) is 4.33. The summed E-state index contributed by atoms with van der Waals surface area (Å²) in [6.45, 7) is 2.56. The molecule has 2 aliphatic heterocycles. The van der Waals surface area contributed by atoms with E-state index in [-0.39, 0.29) is 5.91 Å². The van der Waals surface area contributed by atoms with Crippen molar-refractivity contribution < 1.29 is 14.3 Å². The van der Waals surface area contributed by atoms with Gasteiger partial charge in [0.2, 0.25) is 5.91 Å². The molecule has 0 unspecified atom stereocenters. The number of carbonyl (C=O) groups excluding carboxylic acids is 2. The van der Waals surface area contributed by atoms with Gasteiger partial charge in [0.25, 0.3) is 0 Å². The van der Waals surface area contributed by atoms with E-state index in [4.69, 9.17) is 22.1 Å². The number of nitrogens with two attached hydrogens (primary N) is 1. The van der Waals surface area contributed by atoms with Crippen molar-refractivity contribution in [2.45, 2.75) is 6.42 Å². The van der Waals surface area contributed by atoms with E-state index in [1.54, 1.807) is 28.0 Å². The first-order valence-corrected chi connectivity index (χ1v) is 8.55. The lowest BCUT2D eigenvalue weighted by molar-refractivity contribution is -0.125. The van der Waals surface area contributed by atoms with Crippen LogP contribution in [-0.4, -0.2) is 54.5 Å². The average Bonchev–Trinajstić information content (AvgIpc) is 2.85. The smallest absolute Gasteiger partial charge is 0.314 e. The number of rotatable bonds is 2. The van der Waals surface area contributed by atoms with Gasteiger partial charge in [-0.1, -0.05) is 17.7 Å². The summed E-state index contributed by atoms with van der Waals surface area (Å²) in [6, 6.07) is 5.01. The number of nitrogens with zero attached hydrogens (tertiary/aromatic N) is 2. The molecule has 3 rings (SSSR count). The van der Waals surface area contributed by atoms with Gasteiger partial charge >= 0.3 is 6.03 Å². The molecule has 2 N–H and O–H groups in total. The van der Waals surface area contributed by atoms with Crippen molar-refractivity contribution >= 4 is 29.6 Å². The molecule has 25 heavy (non-hydrogen) atoms. The Morgan fingerprint density at radius 1 is 1.16 bits per heavy atom. The molecule has 0 radical (unpaired) electrons. The maximum Gasteiger partial charge on any atom is 0.314 e. The van der Waals surface area contributed by atoms with Gasteiger partial charge < -0.3 is 20.3 Å². The average molecular weight is 362 g/mol. The summed E-state index contributed by atoms with van der Waals surface area (Å²) in [7, 11) is 0. The van der Waals surface area contributed by atoms with Crippen LogP contribution in [0.3, 0.4) is 0 Å². The molecule has 1 aromatic rings. The number of hydrogen-bond donors (Lipinski definition) is 1. The fraction of sp³-hybridized carbons (Fsp3) is 0.333. The molecule has 7 heteroatoms. The van der Waals surface area contributed by atoms with Gasteiger partial charge in [0.05, 0.1) is 0 Å². The highest BCUT2D eigenvalue weighted by molar-refractivity contribution is 6.30. The third-order valence-electron chi connectivity index (χ3n) is 4.27. The number of halogens is 1. The topological polar surface area (TPSA) is 75.9 Å². The molecule has 132 valence electrons. The van der Waals surface area contributed by atoms with Crippen molar-refractivity contribution in [2.24, 2.45) is 5.73 Å². The molecule has 0 aromatic heterocycles. The number of hydrogen-bond acceptors (Lipinski definition) is 3. The molecule has 2 heterocycles. The molecule has 0 atom stereocenters. The summed E-state index contributed by atoms with van der Waals surface area (Å²) in [5, 5.41) is 0.642. The predicted octanol–water partition coefficient (Wildman–Crippen LogP) is 2.29. The highest BCUT2D eigenvalue weighted by Crippen LogP contribution is 2.29. The van der Waals surface area contributed by atoms with Gasteiger partial charge in [-0.3, -0.25) is 4.79 Å². The molecule has 3 amide bonds. The summed E-state index contributed by atoms with van der Waals surface area (Å²) >= 11 is 6.00. The van der Waals surface area contributed by atoms with Crippen molar-refractivity contribution in [3.8, 4) is 5.75 Å². The van der Waals surface area contributed by atoms with Crippen LogP contribution < -0.4 is 10.5 Å². The Balaban J connectivity index is 1.64. The van der Waals surface area contributed by atoms with Gasteiger partial charge in [-0.2, -0.15) is 0 Å². The Kier molecular flexibility index (Phi) is 5.28.